The van der Waals surface area contributed by atoms with Crippen molar-refractivity contribution >= 4 is 0 Å². The number of halogens is 2. The van der Waals surface area contributed by atoms with E-state index in [1.165, 1.54) is 0 Å². The van der Waals surface area contributed by atoms with E-state index in [0.717, 1.165) is 39.1 Å². The second-order valence-electron chi connectivity index (χ2n) is 2.72. The quantitative estimate of drug-likeness (QED) is 0.445. The van der Waals surface area contributed by atoms with E-state index in [-0.39, 0.29) is 24.8 Å². The van der Waals surface area contributed by atoms with Gasteiger partial charge >= 0.3 is 87.1 Å². The van der Waals surface area contributed by atoms with Crippen molar-refractivity contribution in [3.63, 3.8) is 0 Å². The standard InChI is InChI=1S/3C3H7O.2ClH.V/c3*1-2-3-4;;;/h3*2-3H2,1H3;2*1H;/q3*-1;;;+5/p-2. The number of hydrogen-bond acceptors (Lipinski definition) is 3. The molecule has 0 amide bonds. The van der Waals surface area contributed by atoms with Crippen molar-refractivity contribution in [2.75, 3.05) is 19.8 Å². The van der Waals surface area contributed by atoms with Gasteiger partial charge in [0, 0.05) is 0 Å². The Kier molecular flexibility index (Phi) is 24.8. The van der Waals surface area contributed by atoms with E-state index in [1.807, 2.05) is 0 Å². The molecule has 0 fully saturated rings. The second kappa shape index (κ2) is 17.4. The zero-order valence-corrected chi connectivity index (χ0v) is 12.6. The van der Waals surface area contributed by atoms with Crippen molar-refractivity contribution in [1.29, 1.82) is 0 Å². The maximum atomic E-state index is 5.50. The summed E-state index contributed by atoms with van der Waals surface area (Å²) in [4.78, 5) is 0. The minimum atomic E-state index is -1.85. The predicted octanol–water partition coefficient (Wildman–Crippen LogP) is -3.36. The summed E-state index contributed by atoms with van der Waals surface area (Å²) >= 11 is -1.85. The Labute approximate surface area is 112 Å². The Morgan fingerprint density at radius 2 is 0.933 bits per heavy atom. The van der Waals surface area contributed by atoms with Crippen molar-refractivity contribution in [3.05, 3.63) is 0 Å². The molecule has 0 N–H and O–H groups in total. The summed E-state index contributed by atoms with van der Waals surface area (Å²) in [7, 11) is 0. The van der Waals surface area contributed by atoms with Crippen molar-refractivity contribution < 1.29 is 52.0 Å². The van der Waals surface area contributed by atoms with Gasteiger partial charge < -0.3 is 24.8 Å². The fourth-order valence-corrected chi connectivity index (χ4v) is 2.51. The van der Waals surface area contributed by atoms with Gasteiger partial charge in [0.15, 0.2) is 0 Å². The zero-order valence-electron chi connectivity index (χ0n) is 9.67. The van der Waals surface area contributed by atoms with Gasteiger partial charge in [-0.25, -0.2) is 0 Å². The average Bonchev–Trinajstić information content (AvgIpc) is 2.17. The summed E-state index contributed by atoms with van der Waals surface area (Å²) in [5, 5.41) is 0. The van der Waals surface area contributed by atoms with Crippen LogP contribution >= 0.6 is 0 Å². The summed E-state index contributed by atoms with van der Waals surface area (Å²) in [6.07, 6.45) is 3.07. The third-order valence-corrected chi connectivity index (χ3v) is 3.05. The fourth-order valence-electron chi connectivity index (χ4n) is 0.609. The smallest absolute Gasteiger partial charge is 1.00 e. The van der Waals surface area contributed by atoms with Gasteiger partial charge in [-0.15, -0.1) is 0 Å². The molecule has 0 atom stereocenters. The first-order valence-electron chi connectivity index (χ1n) is 5.04. The van der Waals surface area contributed by atoms with E-state index >= 15 is 0 Å². The van der Waals surface area contributed by atoms with Crippen LogP contribution < -0.4 is 24.8 Å². The molecule has 0 aliphatic carbocycles. The van der Waals surface area contributed by atoms with Crippen LogP contribution in [0.1, 0.15) is 40.0 Å². The van der Waals surface area contributed by atoms with Crippen LogP contribution in [0.5, 0.6) is 0 Å². The molecule has 15 heavy (non-hydrogen) atoms. The van der Waals surface area contributed by atoms with E-state index in [4.69, 9.17) is 11.0 Å². The molecule has 0 aliphatic heterocycles. The number of hydrogen-bond donors (Lipinski definition) is 0. The largest absolute Gasteiger partial charge is 1.00 e. The molecule has 0 spiro atoms. The van der Waals surface area contributed by atoms with E-state index in [9.17, 15) is 0 Å². The maximum Gasteiger partial charge on any atom is -1.00 e. The van der Waals surface area contributed by atoms with Crippen molar-refractivity contribution in [3.8, 4) is 0 Å². The van der Waals surface area contributed by atoms with Crippen LogP contribution in [-0.2, 0) is 27.2 Å². The molecule has 0 aromatic carbocycles. The Bertz CT molecular complexity index is 90.3. The van der Waals surface area contributed by atoms with Crippen LogP contribution in [0.3, 0.4) is 0 Å². The van der Waals surface area contributed by atoms with Gasteiger partial charge in [-0.2, -0.15) is 0 Å². The van der Waals surface area contributed by atoms with E-state index in [0.29, 0.717) is 0 Å². The van der Waals surface area contributed by atoms with E-state index in [1.54, 1.807) is 0 Å². The van der Waals surface area contributed by atoms with Gasteiger partial charge in [-0.3, -0.25) is 0 Å². The van der Waals surface area contributed by atoms with Crippen LogP contribution in [-0.4, -0.2) is 19.8 Å². The van der Waals surface area contributed by atoms with Crippen LogP contribution in [0.25, 0.3) is 0 Å². The molecule has 0 aromatic rings. The second-order valence-corrected chi connectivity index (χ2v) is 4.63. The molecule has 94 valence electrons. The first-order valence-corrected chi connectivity index (χ1v) is 6.75. The third kappa shape index (κ3) is 15.0. The average molecular weight is 299 g/mol. The van der Waals surface area contributed by atoms with Gasteiger partial charge in [-0.05, 0) is 0 Å². The maximum absolute atomic E-state index is 5.50. The molecule has 0 aromatic heterocycles. The molecular weight excluding hydrogens is 278 g/mol. The molecule has 0 bridgehead atoms. The van der Waals surface area contributed by atoms with E-state index in [2.05, 4.69) is 20.8 Å². The molecule has 0 unspecified atom stereocenters. The van der Waals surface area contributed by atoms with Crippen molar-refractivity contribution in [1.82, 2.24) is 0 Å². The molecule has 0 saturated carbocycles. The van der Waals surface area contributed by atoms with Crippen LogP contribution in [0.4, 0.5) is 0 Å². The number of rotatable bonds is 9. The summed E-state index contributed by atoms with van der Waals surface area (Å²) in [5.74, 6) is 0. The van der Waals surface area contributed by atoms with Gasteiger partial charge in [-0.1, -0.05) is 0 Å². The monoisotopic (exact) mass is 298 g/mol. The topological polar surface area (TPSA) is 27.7 Å². The first kappa shape index (κ1) is 21.3. The summed E-state index contributed by atoms with van der Waals surface area (Å²) in [6.45, 7) is 8.54. The van der Waals surface area contributed by atoms with Gasteiger partial charge in [0.25, 0.3) is 0 Å². The molecule has 0 rings (SSSR count). The molecule has 0 radical (unpaired) electrons. The normalized spacial score (nSPS) is 9.00. The Balaban J connectivity index is -0.000000720. The Morgan fingerprint density at radius 1 is 0.667 bits per heavy atom. The van der Waals surface area contributed by atoms with Gasteiger partial charge in [0.1, 0.15) is 0 Å². The summed E-state index contributed by atoms with van der Waals surface area (Å²) in [5.41, 5.74) is 0. The molecule has 0 saturated heterocycles. The van der Waals surface area contributed by atoms with Crippen molar-refractivity contribution in [2.45, 2.75) is 40.0 Å². The molecule has 6 heteroatoms. The molecule has 0 heterocycles. The zero-order chi connectivity index (χ0) is 9.94. The molecule has 3 nitrogen and oxygen atoms in total. The van der Waals surface area contributed by atoms with Gasteiger partial charge in [0.05, 0.1) is 0 Å². The first-order chi connectivity index (χ1) is 6.35. The van der Waals surface area contributed by atoms with Gasteiger partial charge in [0.2, 0.25) is 0 Å². The van der Waals surface area contributed by atoms with Crippen LogP contribution in [0, 0.1) is 0 Å². The van der Waals surface area contributed by atoms with Crippen LogP contribution in [0.2, 0.25) is 0 Å². The molecule has 0 aliphatic rings. The fraction of sp³-hybridized carbons (Fsp3) is 1.00. The summed E-state index contributed by atoms with van der Waals surface area (Å²) < 4.78 is 16.5. The molecular formula is C9H21Cl2O3V. The van der Waals surface area contributed by atoms with Crippen molar-refractivity contribution in [2.24, 2.45) is 0 Å². The SMILES string of the molecule is CCC[O][V+2]([O]CCC)[O]CCC.[Cl-].[Cl-]. The third-order valence-electron chi connectivity index (χ3n) is 1.20. The summed E-state index contributed by atoms with van der Waals surface area (Å²) in [6, 6.07) is 0. The van der Waals surface area contributed by atoms with Crippen LogP contribution in [0.15, 0.2) is 0 Å². The minimum Gasteiger partial charge on any atom is -1.00 e. The minimum absolute atomic E-state index is 0. The Morgan fingerprint density at radius 3 is 1.13 bits per heavy atom. The Hall–Kier alpha value is 1.04. The predicted molar refractivity (Wildman–Crippen MR) is 48.7 cm³/mol. The van der Waals surface area contributed by atoms with E-state index < -0.39 is 16.2 Å².